The van der Waals surface area contributed by atoms with E-state index in [0.29, 0.717) is 24.9 Å². The average Bonchev–Trinajstić information content (AvgIpc) is 2.55. The van der Waals surface area contributed by atoms with Gasteiger partial charge < -0.3 is 0 Å². The maximum Gasteiger partial charge on any atom is 0.211 e. The highest BCUT2D eigenvalue weighted by atomic mass is 32.2. The Morgan fingerprint density at radius 3 is 2.77 bits per heavy atom. The molecule has 1 aromatic rings. The zero-order chi connectivity index (χ0) is 15.6. The SMILES string of the molecule is CS(=O)(=O)N1CCCC([C@@H]2CC=CC=C2c2ccncc2)C1. The Morgan fingerprint density at radius 1 is 1.27 bits per heavy atom. The number of hydrogen-bond acceptors (Lipinski definition) is 3. The Kier molecular flexibility index (Phi) is 4.45. The fourth-order valence-corrected chi connectivity index (χ4v) is 4.48. The Balaban J connectivity index is 1.84. The molecule has 0 bridgehead atoms. The normalized spacial score (nSPS) is 26.7. The molecule has 0 saturated carbocycles. The van der Waals surface area contributed by atoms with Crippen LogP contribution in [-0.2, 0) is 10.0 Å². The van der Waals surface area contributed by atoms with Gasteiger partial charge in [-0.1, -0.05) is 18.2 Å². The highest BCUT2D eigenvalue weighted by molar-refractivity contribution is 7.88. The van der Waals surface area contributed by atoms with Gasteiger partial charge >= 0.3 is 0 Å². The second kappa shape index (κ2) is 6.34. The first-order chi connectivity index (χ1) is 10.6. The molecule has 0 radical (unpaired) electrons. The number of sulfonamides is 1. The van der Waals surface area contributed by atoms with Crippen LogP contribution in [0.15, 0.2) is 42.8 Å². The number of aromatic nitrogens is 1. The lowest BCUT2D eigenvalue weighted by molar-refractivity contribution is 0.229. The number of piperidine rings is 1. The van der Waals surface area contributed by atoms with E-state index in [4.69, 9.17) is 0 Å². The summed E-state index contributed by atoms with van der Waals surface area (Å²) in [6.45, 7) is 1.30. The number of nitrogens with zero attached hydrogens (tertiary/aromatic N) is 2. The van der Waals surface area contributed by atoms with Gasteiger partial charge in [-0.05, 0) is 54.4 Å². The second-order valence-corrected chi connectivity index (χ2v) is 8.13. The van der Waals surface area contributed by atoms with Gasteiger partial charge in [-0.15, -0.1) is 0 Å². The van der Waals surface area contributed by atoms with Crippen LogP contribution >= 0.6 is 0 Å². The van der Waals surface area contributed by atoms with Gasteiger partial charge in [0.1, 0.15) is 0 Å². The molecule has 1 aliphatic heterocycles. The Bertz CT molecular complexity index is 680. The molecule has 2 atom stereocenters. The lowest BCUT2D eigenvalue weighted by Crippen LogP contribution is -2.41. The topological polar surface area (TPSA) is 50.3 Å². The smallest absolute Gasteiger partial charge is 0.211 e. The standard InChI is InChI=1S/C17H22N2O2S/c1-22(20,21)19-12-4-5-15(13-19)17-7-3-2-6-16(17)14-8-10-18-11-9-14/h2-3,6,8-11,15,17H,4-5,7,12-13H2,1H3/t15?,17-/m0/s1. The van der Waals surface area contributed by atoms with Crippen molar-refractivity contribution in [3.8, 4) is 0 Å². The molecule has 1 fully saturated rings. The summed E-state index contributed by atoms with van der Waals surface area (Å²) in [5, 5.41) is 0. The summed E-state index contributed by atoms with van der Waals surface area (Å²) >= 11 is 0. The van der Waals surface area contributed by atoms with Crippen molar-refractivity contribution in [2.45, 2.75) is 19.3 Å². The average molecular weight is 318 g/mol. The van der Waals surface area contributed by atoms with Gasteiger partial charge in [0.05, 0.1) is 6.26 Å². The molecule has 1 saturated heterocycles. The van der Waals surface area contributed by atoms with Crippen LogP contribution < -0.4 is 0 Å². The predicted octanol–water partition coefficient (Wildman–Crippen LogP) is 2.71. The maximum atomic E-state index is 11.9. The van der Waals surface area contributed by atoms with E-state index >= 15 is 0 Å². The van der Waals surface area contributed by atoms with Gasteiger partial charge in [-0.2, -0.15) is 0 Å². The van der Waals surface area contributed by atoms with Crippen LogP contribution in [0.2, 0.25) is 0 Å². The summed E-state index contributed by atoms with van der Waals surface area (Å²) in [7, 11) is -3.09. The molecule has 0 aromatic carbocycles. The molecule has 0 N–H and O–H groups in total. The van der Waals surface area contributed by atoms with Gasteiger partial charge in [0.2, 0.25) is 10.0 Å². The van der Waals surface area contributed by atoms with Gasteiger partial charge in [-0.25, -0.2) is 12.7 Å². The van der Waals surface area contributed by atoms with Crippen LogP contribution in [0, 0.1) is 11.8 Å². The first-order valence-corrected chi connectivity index (χ1v) is 9.63. The molecule has 1 aromatic heterocycles. The third kappa shape index (κ3) is 3.31. The molecule has 118 valence electrons. The quantitative estimate of drug-likeness (QED) is 0.861. The molecule has 0 spiro atoms. The Hall–Kier alpha value is -1.46. The molecule has 2 aliphatic rings. The summed E-state index contributed by atoms with van der Waals surface area (Å²) in [5.74, 6) is 0.768. The van der Waals surface area contributed by atoms with Crippen molar-refractivity contribution in [1.29, 1.82) is 0 Å². The molecule has 2 heterocycles. The number of pyridine rings is 1. The van der Waals surface area contributed by atoms with E-state index < -0.39 is 10.0 Å². The first-order valence-electron chi connectivity index (χ1n) is 7.78. The monoisotopic (exact) mass is 318 g/mol. The van der Waals surface area contributed by atoms with Crippen molar-refractivity contribution < 1.29 is 8.42 Å². The molecular weight excluding hydrogens is 296 g/mol. The van der Waals surface area contributed by atoms with E-state index in [1.54, 1.807) is 4.31 Å². The van der Waals surface area contributed by atoms with Gasteiger partial charge in [0.25, 0.3) is 0 Å². The molecule has 1 unspecified atom stereocenters. The molecule has 1 aliphatic carbocycles. The molecule has 4 nitrogen and oxygen atoms in total. The van der Waals surface area contributed by atoms with Crippen LogP contribution in [0.4, 0.5) is 0 Å². The molecule has 0 amide bonds. The lowest BCUT2D eigenvalue weighted by atomic mass is 9.75. The van der Waals surface area contributed by atoms with E-state index in [0.717, 1.165) is 19.3 Å². The van der Waals surface area contributed by atoms with E-state index in [1.807, 2.05) is 24.5 Å². The fraction of sp³-hybridized carbons (Fsp3) is 0.471. The van der Waals surface area contributed by atoms with Crippen molar-refractivity contribution in [2.75, 3.05) is 19.3 Å². The highest BCUT2D eigenvalue weighted by Gasteiger charge is 2.33. The first kappa shape index (κ1) is 15.4. The van der Waals surface area contributed by atoms with Gasteiger partial charge in [0, 0.05) is 25.5 Å². The predicted molar refractivity (Wildman–Crippen MR) is 88.6 cm³/mol. The van der Waals surface area contributed by atoms with E-state index in [1.165, 1.54) is 17.4 Å². The minimum atomic E-state index is -3.09. The van der Waals surface area contributed by atoms with Gasteiger partial charge in [0.15, 0.2) is 0 Å². The van der Waals surface area contributed by atoms with Crippen molar-refractivity contribution >= 4 is 15.6 Å². The minimum absolute atomic E-state index is 0.382. The fourth-order valence-electron chi connectivity index (χ4n) is 3.55. The minimum Gasteiger partial charge on any atom is -0.265 e. The Labute approximate surface area is 132 Å². The van der Waals surface area contributed by atoms with Crippen LogP contribution in [-0.4, -0.2) is 37.1 Å². The maximum absolute atomic E-state index is 11.9. The summed E-state index contributed by atoms with van der Waals surface area (Å²) in [5.41, 5.74) is 2.51. The largest absolute Gasteiger partial charge is 0.265 e. The summed E-state index contributed by atoms with van der Waals surface area (Å²) in [4.78, 5) is 4.09. The molecular formula is C17H22N2O2S. The summed E-state index contributed by atoms with van der Waals surface area (Å²) < 4.78 is 25.4. The zero-order valence-corrected chi connectivity index (χ0v) is 13.7. The zero-order valence-electron chi connectivity index (χ0n) is 12.9. The van der Waals surface area contributed by atoms with E-state index in [9.17, 15) is 8.42 Å². The molecule has 22 heavy (non-hydrogen) atoms. The van der Waals surface area contributed by atoms with Crippen molar-refractivity contribution in [3.05, 3.63) is 48.3 Å². The second-order valence-electron chi connectivity index (χ2n) is 6.15. The number of allylic oxidation sites excluding steroid dienone is 4. The van der Waals surface area contributed by atoms with Crippen LogP contribution in [0.1, 0.15) is 24.8 Å². The lowest BCUT2D eigenvalue weighted by Gasteiger charge is -2.37. The van der Waals surface area contributed by atoms with Crippen molar-refractivity contribution in [3.63, 3.8) is 0 Å². The van der Waals surface area contributed by atoms with Crippen molar-refractivity contribution in [1.82, 2.24) is 9.29 Å². The van der Waals surface area contributed by atoms with Crippen LogP contribution in [0.25, 0.3) is 5.57 Å². The third-order valence-electron chi connectivity index (χ3n) is 4.67. The van der Waals surface area contributed by atoms with Crippen molar-refractivity contribution in [2.24, 2.45) is 11.8 Å². The van der Waals surface area contributed by atoms with E-state index in [2.05, 4.69) is 23.2 Å². The number of rotatable bonds is 3. The van der Waals surface area contributed by atoms with Crippen LogP contribution in [0.3, 0.4) is 0 Å². The van der Waals surface area contributed by atoms with Gasteiger partial charge in [-0.3, -0.25) is 4.98 Å². The molecule has 5 heteroatoms. The molecule has 3 rings (SSSR count). The Morgan fingerprint density at radius 2 is 2.05 bits per heavy atom. The van der Waals surface area contributed by atoms with E-state index in [-0.39, 0.29) is 0 Å². The number of hydrogen-bond donors (Lipinski definition) is 0. The summed E-state index contributed by atoms with van der Waals surface area (Å²) in [6, 6.07) is 4.07. The van der Waals surface area contributed by atoms with Crippen LogP contribution in [0.5, 0.6) is 0 Å². The highest BCUT2D eigenvalue weighted by Crippen LogP contribution is 2.38. The third-order valence-corrected chi connectivity index (χ3v) is 5.94. The summed E-state index contributed by atoms with van der Waals surface area (Å²) in [6.07, 6.45) is 14.4.